The first kappa shape index (κ1) is 20.4. The number of hydrogen-bond donors (Lipinski definition) is 2. The zero-order valence-corrected chi connectivity index (χ0v) is 15.2. The number of carbonyl (C=O) groups excluding carboxylic acids is 1. The first-order valence-electron chi connectivity index (χ1n) is 8.41. The Morgan fingerprint density at radius 1 is 1.10 bits per heavy atom. The third-order valence-corrected chi connectivity index (χ3v) is 4.79. The van der Waals surface area contributed by atoms with E-state index in [1.165, 1.54) is 13.8 Å². The van der Waals surface area contributed by atoms with Gasteiger partial charge in [0.25, 0.3) is 5.91 Å². The van der Waals surface area contributed by atoms with Gasteiger partial charge in [-0.25, -0.2) is 4.39 Å². The molecule has 152 valence electrons. The van der Waals surface area contributed by atoms with Crippen LogP contribution in [0.4, 0.5) is 17.6 Å². The molecule has 0 saturated carbocycles. The molecule has 3 rings (SSSR count). The van der Waals surface area contributed by atoms with E-state index in [1.807, 2.05) is 0 Å². The molecule has 0 aliphatic heterocycles. The number of phenolic OH excluding ortho intramolecular Hbond substituents is 1. The molecule has 9 heteroatoms. The van der Waals surface area contributed by atoms with Crippen molar-refractivity contribution in [3.8, 4) is 5.75 Å². The number of halogens is 4. The number of aliphatic carboxylic acids is 1. The van der Waals surface area contributed by atoms with E-state index in [0.717, 1.165) is 41.0 Å². The van der Waals surface area contributed by atoms with E-state index in [1.54, 1.807) is 0 Å². The third-order valence-electron chi connectivity index (χ3n) is 4.79. The Bertz CT molecular complexity index is 1130. The van der Waals surface area contributed by atoms with Crippen LogP contribution in [0.3, 0.4) is 0 Å². The first-order chi connectivity index (χ1) is 13.4. The van der Waals surface area contributed by atoms with E-state index in [2.05, 4.69) is 0 Å². The van der Waals surface area contributed by atoms with Gasteiger partial charge in [-0.05, 0) is 49.7 Å². The molecule has 1 aromatic heterocycles. The molecule has 0 aliphatic carbocycles. The Balaban J connectivity index is 2.23. The lowest BCUT2D eigenvalue weighted by atomic mass is 9.98. The Kier molecular flexibility index (Phi) is 4.86. The van der Waals surface area contributed by atoms with Crippen LogP contribution in [-0.4, -0.2) is 26.7 Å². The van der Waals surface area contributed by atoms with Crippen molar-refractivity contribution in [3.05, 3.63) is 64.6 Å². The molecule has 0 spiro atoms. The van der Waals surface area contributed by atoms with Gasteiger partial charge in [-0.2, -0.15) is 13.2 Å². The molecule has 1 unspecified atom stereocenters. The minimum Gasteiger partial charge on any atom is -0.505 e. The molecular weight excluding hydrogens is 394 g/mol. The fourth-order valence-corrected chi connectivity index (χ4v) is 3.31. The van der Waals surface area contributed by atoms with Gasteiger partial charge in [-0.15, -0.1) is 0 Å². The predicted octanol–water partition coefficient (Wildman–Crippen LogP) is 4.69. The van der Waals surface area contributed by atoms with Crippen LogP contribution >= 0.6 is 0 Å². The summed E-state index contributed by atoms with van der Waals surface area (Å²) in [5, 5.41) is 19.2. The quantitative estimate of drug-likeness (QED) is 0.615. The van der Waals surface area contributed by atoms with E-state index in [9.17, 15) is 37.4 Å². The lowest BCUT2D eigenvalue weighted by Gasteiger charge is -2.11. The third kappa shape index (κ3) is 3.43. The van der Waals surface area contributed by atoms with Crippen LogP contribution in [-0.2, 0) is 11.0 Å². The van der Waals surface area contributed by atoms with Crippen molar-refractivity contribution in [1.82, 2.24) is 4.57 Å². The number of carbonyl (C=O) groups is 2. The molecule has 2 aromatic carbocycles. The van der Waals surface area contributed by atoms with Crippen LogP contribution in [0.2, 0.25) is 0 Å². The van der Waals surface area contributed by atoms with Crippen LogP contribution in [0, 0.1) is 12.7 Å². The Hall–Kier alpha value is -3.36. The molecular formula is C20H15F4NO4. The largest absolute Gasteiger partial charge is 0.505 e. The minimum atomic E-state index is -4.57. The maximum atomic E-state index is 14.0. The zero-order chi connectivity index (χ0) is 21.7. The van der Waals surface area contributed by atoms with Crippen LogP contribution in [0.5, 0.6) is 5.75 Å². The van der Waals surface area contributed by atoms with E-state index in [4.69, 9.17) is 0 Å². The lowest BCUT2D eigenvalue weighted by molar-refractivity contribution is -0.138. The van der Waals surface area contributed by atoms with Crippen molar-refractivity contribution >= 4 is 22.8 Å². The monoisotopic (exact) mass is 409 g/mol. The van der Waals surface area contributed by atoms with Gasteiger partial charge in [0, 0.05) is 22.7 Å². The summed E-state index contributed by atoms with van der Waals surface area (Å²) in [6.45, 7) is 2.82. The highest BCUT2D eigenvalue weighted by molar-refractivity contribution is 6.05. The molecule has 0 saturated heterocycles. The molecule has 1 atom stereocenters. The standard InChI is InChI=1S/C20H15F4NO4/c1-9(19(28)29)17-10(2)25(15-8-14(21)16(26)7-13(15)17)18(27)11-3-5-12(6-4-11)20(22,23)24/h3-9,26H,1-2H3,(H,28,29). The van der Waals surface area contributed by atoms with Gasteiger partial charge in [0.05, 0.1) is 17.0 Å². The van der Waals surface area contributed by atoms with Gasteiger partial charge in [-0.3, -0.25) is 14.2 Å². The Morgan fingerprint density at radius 2 is 1.69 bits per heavy atom. The summed E-state index contributed by atoms with van der Waals surface area (Å²) in [7, 11) is 0. The summed E-state index contributed by atoms with van der Waals surface area (Å²) in [6, 6.07) is 5.41. The molecule has 2 N–H and O–H groups in total. The topological polar surface area (TPSA) is 79.5 Å². The minimum absolute atomic E-state index is 0.00537. The van der Waals surface area contributed by atoms with Gasteiger partial charge in [-0.1, -0.05) is 0 Å². The molecule has 29 heavy (non-hydrogen) atoms. The smallest absolute Gasteiger partial charge is 0.416 e. The summed E-state index contributed by atoms with van der Waals surface area (Å²) in [5.74, 6) is -4.77. The van der Waals surface area contributed by atoms with Crippen molar-refractivity contribution in [1.29, 1.82) is 0 Å². The van der Waals surface area contributed by atoms with Crippen LogP contribution < -0.4 is 0 Å². The molecule has 0 fully saturated rings. The van der Waals surface area contributed by atoms with Crippen molar-refractivity contribution in [2.24, 2.45) is 0 Å². The maximum Gasteiger partial charge on any atom is 0.416 e. The number of phenols is 1. The number of benzene rings is 2. The molecule has 0 aliphatic rings. The normalized spacial score (nSPS) is 12.9. The first-order valence-corrected chi connectivity index (χ1v) is 8.41. The predicted molar refractivity (Wildman–Crippen MR) is 95.5 cm³/mol. The molecule has 0 bridgehead atoms. The van der Waals surface area contributed by atoms with Gasteiger partial charge in [0.1, 0.15) is 0 Å². The number of fused-ring (bicyclic) bond motifs is 1. The molecule has 0 radical (unpaired) electrons. The van der Waals surface area contributed by atoms with Crippen molar-refractivity contribution in [2.75, 3.05) is 0 Å². The second-order valence-electron chi connectivity index (χ2n) is 6.60. The highest BCUT2D eigenvalue weighted by Gasteiger charge is 2.31. The van der Waals surface area contributed by atoms with E-state index in [-0.39, 0.29) is 27.7 Å². The molecule has 1 heterocycles. The van der Waals surface area contributed by atoms with E-state index in [0.29, 0.717) is 0 Å². The van der Waals surface area contributed by atoms with Crippen LogP contribution in [0.25, 0.3) is 10.9 Å². The van der Waals surface area contributed by atoms with E-state index < -0.39 is 41.1 Å². The van der Waals surface area contributed by atoms with Crippen molar-refractivity contribution < 1.29 is 37.4 Å². The highest BCUT2D eigenvalue weighted by atomic mass is 19.4. The number of alkyl halides is 3. The van der Waals surface area contributed by atoms with Crippen molar-refractivity contribution in [2.45, 2.75) is 25.9 Å². The summed E-state index contributed by atoms with van der Waals surface area (Å²) in [4.78, 5) is 24.5. The number of carboxylic acids is 1. The molecule has 0 amide bonds. The van der Waals surface area contributed by atoms with Gasteiger partial charge in [0.15, 0.2) is 11.6 Å². The van der Waals surface area contributed by atoms with Crippen LogP contribution in [0.15, 0.2) is 36.4 Å². The summed E-state index contributed by atoms with van der Waals surface area (Å²) in [5.41, 5.74) is -0.640. The highest BCUT2D eigenvalue weighted by Crippen LogP contribution is 2.36. The molecule has 5 nitrogen and oxygen atoms in total. The number of rotatable bonds is 3. The number of aromatic hydroxyl groups is 1. The second kappa shape index (κ2) is 6.91. The Labute approximate surface area is 161 Å². The second-order valence-corrected chi connectivity index (χ2v) is 6.60. The fourth-order valence-electron chi connectivity index (χ4n) is 3.31. The van der Waals surface area contributed by atoms with Crippen LogP contribution in [0.1, 0.15) is 40.0 Å². The average molecular weight is 409 g/mol. The zero-order valence-electron chi connectivity index (χ0n) is 15.2. The number of nitrogens with zero attached hydrogens (tertiary/aromatic N) is 1. The fraction of sp³-hybridized carbons (Fsp3) is 0.200. The van der Waals surface area contributed by atoms with Gasteiger partial charge < -0.3 is 10.2 Å². The van der Waals surface area contributed by atoms with Crippen molar-refractivity contribution in [3.63, 3.8) is 0 Å². The number of hydrogen-bond acceptors (Lipinski definition) is 3. The summed E-state index contributed by atoms with van der Waals surface area (Å²) < 4.78 is 53.3. The number of aromatic nitrogens is 1. The maximum absolute atomic E-state index is 14.0. The Morgan fingerprint density at radius 3 is 2.21 bits per heavy atom. The van der Waals surface area contributed by atoms with Gasteiger partial charge in [0.2, 0.25) is 0 Å². The average Bonchev–Trinajstić information content (AvgIpc) is 2.91. The van der Waals surface area contributed by atoms with E-state index >= 15 is 0 Å². The summed E-state index contributed by atoms with van der Waals surface area (Å²) >= 11 is 0. The molecule has 3 aromatic rings. The van der Waals surface area contributed by atoms with Gasteiger partial charge >= 0.3 is 12.1 Å². The number of carboxylic acid groups (broad SMARTS) is 1. The summed E-state index contributed by atoms with van der Waals surface area (Å²) in [6.07, 6.45) is -4.57. The lowest BCUT2D eigenvalue weighted by Crippen LogP contribution is -2.15. The SMILES string of the molecule is Cc1c(C(C)C(=O)O)c2cc(O)c(F)cc2n1C(=O)c1ccc(C(F)(F)F)cc1.